The van der Waals surface area contributed by atoms with Crippen molar-refractivity contribution in [2.45, 2.75) is 52.9 Å². The van der Waals surface area contributed by atoms with E-state index in [9.17, 15) is 0 Å². The first-order valence-corrected chi connectivity index (χ1v) is 12.2. The molecule has 8 heteroatoms. The Morgan fingerprint density at radius 2 is 1.94 bits per heavy atom. The number of H-pyrrole nitrogens is 1. The van der Waals surface area contributed by atoms with Crippen molar-refractivity contribution in [1.29, 1.82) is 0 Å². The third-order valence-electron chi connectivity index (χ3n) is 6.95. The predicted molar refractivity (Wildman–Crippen MR) is 133 cm³/mol. The lowest BCUT2D eigenvalue weighted by Gasteiger charge is -2.33. The smallest absolute Gasteiger partial charge is 0.197 e. The van der Waals surface area contributed by atoms with Crippen molar-refractivity contribution in [1.82, 2.24) is 24.6 Å². The Morgan fingerprint density at radius 3 is 2.62 bits per heavy atom. The molecule has 0 unspecified atom stereocenters. The van der Waals surface area contributed by atoms with Crippen molar-refractivity contribution in [3.63, 3.8) is 0 Å². The Kier molecular flexibility index (Phi) is 5.91. The first-order valence-electron chi connectivity index (χ1n) is 12.2. The molecule has 1 aliphatic rings. The summed E-state index contributed by atoms with van der Waals surface area (Å²) in [4.78, 5) is 14.4. The van der Waals surface area contributed by atoms with Crippen LogP contribution in [0.5, 0.6) is 5.75 Å². The van der Waals surface area contributed by atoms with Crippen LogP contribution in [0.2, 0.25) is 0 Å². The molecule has 34 heavy (non-hydrogen) atoms. The van der Waals surface area contributed by atoms with Crippen molar-refractivity contribution < 1.29 is 9.13 Å². The maximum absolute atomic E-state index is 16.1. The SMILES string of the molecule is COc1cc(-c2[nH]c3cnc(N4CCC(CC(C)C)CC4)c(F)c3c2C(C)C)cn2ncnc12. The van der Waals surface area contributed by atoms with E-state index in [2.05, 4.69) is 52.6 Å². The second kappa shape index (κ2) is 8.89. The van der Waals surface area contributed by atoms with Crippen LogP contribution >= 0.6 is 0 Å². The highest BCUT2D eigenvalue weighted by Gasteiger charge is 2.27. The number of piperidine rings is 1. The molecule has 180 valence electrons. The number of rotatable bonds is 6. The van der Waals surface area contributed by atoms with Crippen molar-refractivity contribution in [3.05, 3.63) is 36.2 Å². The van der Waals surface area contributed by atoms with Gasteiger partial charge in [-0.05, 0) is 48.6 Å². The van der Waals surface area contributed by atoms with Gasteiger partial charge in [-0.3, -0.25) is 0 Å². The molecule has 0 atom stereocenters. The van der Waals surface area contributed by atoms with Gasteiger partial charge in [0.1, 0.15) is 6.33 Å². The average molecular weight is 465 g/mol. The molecule has 0 amide bonds. The number of halogens is 1. The van der Waals surface area contributed by atoms with Gasteiger partial charge < -0.3 is 14.6 Å². The van der Waals surface area contributed by atoms with E-state index in [1.165, 1.54) is 12.7 Å². The van der Waals surface area contributed by atoms with Crippen molar-refractivity contribution in [2.75, 3.05) is 25.1 Å². The zero-order valence-electron chi connectivity index (χ0n) is 20.6. The Balaban J connectivity index is 1.57. The summed E-state index contributed by atoms with van der Waals surface area (Å²) in [5.41, 5.74) is 4.00. The lowest BCUT2D eigenvalue weighted by molar-refractivity contribution is 0.336. The molecule has 4 aromatic rings. The minimum Gasteiger partial charge on any atom is -0.493 e. The maximum Gasteiger partial charge on any atom is 0.197 e. The van der Waals surface area contributed by atoms with E-state index < -0.39 is 0 Å². The van der Waals surface area contributed by atoms with E-state index in [1.807, 2.05) is 12.3 Å². The quantitative estimate of drug-likeness (QED) is 0.390. The Labute approximate surface area is 199 Å². The van der Waals surface area contributed by atoms with Crippen LogP contribution in [0.3, 0.4) is 0 Å². The zero-order chi connectivity index (χ0) is 24.0. The minimum absolute atomic E-state index is 0.0997. The molecule has 1 aliphatic heterocycles. The summed E-state index contributed by atoms with van der Waals surface area (Å²) in [7, 11) is 1.61. The van der Waals surface area contributed by atoms with Gasteiger partial charge in [0.15, 0.2) is 23.0 Å². The standard InChI is InChI=1S/C26H33FN6O/c1-15(2)10-17-6-8-32(9-7-17)26-23(27)22-19(12-28-26)31-24(21(22)16(3)4)18-11-20(34-5)25-29-14-30-33(25)13-18/h11-17,31H,6-10H2,1-5H3. The molecule has 5 heterocycles. The number of hydrogen-bond acceptors (Lipinski definition) is 5. The van der Waals surface area contributed by atoms with E-state index in [-0.39, 0.29) is 11.7 Å². The average Bonchev–Trinajstić information content (AvgIpc) is 3.44. The fraction of sp³-hybridized carbons (Fsp3) is 0.500. The zero-order valence-corrected chi connectivity index (χ0v) is 20.6. The van der Waals surface area contributed by atoms with Gasteiger partial charge in [0.05, 0.1) is 24.5 Å². The normalized spacial score (nSPS) is 15.4. The number of nitrogens with one attached hydrogen (secondary N) is 1. The van der Waals surface area contributed by atoms with Gasteiger partial charge in [-0.25, -0.2) is 18.9 Å². The lowest BCUT2D eigenvalue weighted by atomic mass is 9.88. The van der Waals surface area contributed by atoms with Crippen molar-refractivity contribution in [3.8, 4) is 17.0 Å². The molecule has 0 saturated carbocycles. The molecular weight excluding hydrogens is 431 g/mol. The molecule has 1 saturated heterocycles. The fourth-order valence-electron chi connectivity index (χ4n) is 5.42. The van der Waals surface area contributed by atoms with Crippen LogP contribution in [0.25, 0.3) is 27.8 Å². The number of ether oxygens (including phenoxy) is 1. The van der Waals surface area contributed by atoms with Gasteiger partial charge in [0.2, 0.25) is 0 Å². The Bertz CT molecular complexity index is 1320. The number of nitrogens with zero attached hydrogens (tertiary/aromatic N) is 5. The number of aromatic nitrogens is 5. The van der Waals surface area contributed by atoms with Crippen LogP contribution in [0.1, 0.15) is 58.4 Å². The topological polar surface area (TPSA) is 71.3 Å². The summed E-state index contributed by atoms with van der Waals surface area (Å²) in [6.45, 7) is 10.4. The fourth-order valence-corrected chi connectivity index (χ4v) is 5.42. The van der Waals surface area contributed by atoms with Crippen LogP contribution in [-0.4, -0.2) is 44.8 Å². The van der Waals surface area contributed by atoms with Crippen LogP contribution in [0.4, 0.5) is 10.2 Å². The van der Waals surface area contributed by atoms with Crippen LogP contribution in [0, 0.1) is 17.7 Å². The molecule has 5 rings (SSSR count). The molecule has 7 nitrogen and oxygen atoms in total. The van der Waals surface area contributed by atoms with Gasteiger partial charge in [0.25, 0.3) is 0 Å². The number of hydrogen-bond donors (Lipinski definition) is 1. The Hall–Kier alpha value is -3.16. The molecule has 4 aromatic heterocycles. The molecule has 1 N–H and O–H groups in total. The summed E-state index contributed by atoms with van der Waals surface area (Å²) in [5.74, 6) is 2.36. The number of fused-ring (bicyclic) bond motifs is 2. The largest absolute Gasteiger partial charge is 0.493 e. The van der Waals surface area contributed by atoms with E-state index >= 15 is 4.39 Å². The first kappa shape index (κ1) is 22.6. The summed E-state index contributed by atoms with van der Waals surface area (Å²) in [6.07, 6.45) is 8.58. The second-order valence-electron chi connectivity index (χ2n) is 10.1. The highest BCUT2D eigenvalue weighted by molar-refractivity contribution is 5.93. The van der Waals surface area contributed by atoms with Crippen molar-refractivity contribution >= 4 is 22.4 Å². The summed E-state index contributed by atoms with van der Waals surface area (Å²) in [6, 6.07) is 1.92. The first-order chi connectivity index (χ1) is 16.4. The summed E-state index contributed by atoms with van der Waals surface area (Å²) >= 11 is 0. The third kappa shape index (κ3) is 3.89. The Morgan fingerprint density at radius 1 is 1.18 bits per heavy atom. The monoisotopic (exact) mass is 464 g/mol. The summed E-state index contributed by atoms with van der Waals surface area (Å²) < 4.78 is 23.3. The minimum atomic E-state index is -0.236. The molecule has 0 bridgehead atoms. The molecule has 0 spiro atoms. The van der Waals surface area contributed by atoms with Gasteiger partial charge >= 0.3 is 0 Å². The van der Waals surface area contributed by atoms with Crippen LogP contribution < -0.4 is 9.64 Å². The number of aromatic amines is 1. The molecule has 1 fully saturated rings. The van der Waals surface area contributed by atoms with E-state index in [1.54, 1.807) is 17.8 Å². The second-order valence-corrected chi connectivity index (χ2v) is 10.1. The number of anilines is 1. The van der Waals surface area contributed by atoms with Gasteiger partial charge in [-0.15, -0.1) is 0 Å². The number of pyridine rings is 2. The third-order valence-corrected chi connectivity index (χ3v) is 6.95. The number of methoxy groups -OCH3 is 1. The highest BCUT2D eigenvalue weighted by atomic mass is 19.1. The van der Waals surface area contributed by atoms with E-state index in [0.29, 0.717) is 34.0 Å². The highest BCUT2D eigenvalue weighted by Crippen LogP contribution is 2.40. The maximum atomic E-state index is 16.1. The van der Waals surface area contributed by atoms with E-state index in [4.69, 9.17) is 4.74 Å². The lowest BCUT2D eigenvalue weighted by Crippen LogP contribution is -2.35. The molecular formula is C26H33FN6O. The molecule has 0 aromatic carbocycles. The van der Waals surface area contributed by atoms with Crippen molar-refractivity contribution in [2.24, 2.45) is 11.8 Å². The predicted octanol–water partition coefficient (Wildman–Crippen LogP) is 5.81. The van der Waals surface area contributed by atoms with Gasteiger partial charge in [-0.1, -0.05) is 27.7 Å². The van der Waals surface area contributed by atoms with Crippen LogP contribution in [0.15, 0.2) is 24.8 Å². The van der Waals surface area contributed by atoms with Gasteiger partial charge in [0, 0.05) is 30.2 Å². The van der Waals surface area contributed by atoms with E-state index in [0.717, 1.165) is 48.7 Å². The molecule has 0 aliphatic carbocycles. The van der Waals surface area contributed by atoms with Crippen LogP contribution in [-0.2, 0) is 0 Å². The summed E-state index contributed by atoms with van der Waals surface area (Å²) in [5, 5.41) is 4.90. The van der Waals surface area contributed by atoms with Gasteiger partial charge in [-0.2, -0.15) is 5.10 Å². The molecule has 0 radical (unpaired) electrons.